The molecule has 2 aliphatic heterocycles. The molecule has 1 unspecified atom stereocenters. The number of nitrogens with zero attached hydrogens (tertiary/aromatic N) is 2. The molecule has 0 saturated carbocycles. The number of hydrogen-bond acceptors (Lipinski definition) is 5. The summed E-state index contributed by atoms with van der Waals surface area (Å²) in [6.45, 7) is 4.57. The first kappa shape index (κ1) is 19.0. The third kappa shape index (κ3) is 3.03. The van der Waals surface area contributed by atoms with Crippen LogP contribution in [0.1, 0.15) is 18.1 Å². The van der Waals surface area contributed by atoms with E-state index < -0.39 is 23.3 Å². The molecule has 4 amide bonds. The van der Waals surface area contributed by atoms with Gasteiger partial charge in [-0.1, -0.05) is 17.7 Å². The number of benzene rings is 2. The second kappa shape index (κ2) is 6.92. The molecule has 7 nitrogen and oxygen atoms in total. The number of rotatable bonds is 3. The molecule has 2 aromatic rings. The molecule has 0 aliphatic carbocycles. The third-order valence-electron chi connectivity index (χ3n) is 5.52. The van der Waals surface area contributed by atoms with Crippen LogP contribution < -0.4 is 19.9 Å². The monoisotopic (exact) mass is 393 g/mol. The number of nitrogens with one attached hydrogen (secondary N) is 1. The fourth-order valence-electron chi connectivity index (χ4n) is 4.16. The van der Waals surface area contributed by atoms with Gasteiger partial charge in [0.1, 0.15) is 5.75 Å². The predicted molar refractivity (Wildman–Crippen MR) is 109 cm³/mol. The highest BCUT2D eigenvalue weighted by atomic mass is 16.5. The van der Waals surface area contributed by atoms with E-state index >= 15 is 0 Å². The number of carbonyl (C=O) groups is 3. The van der Waals surface area contributed by atoms with Gasteiger partial charge in [-0.3, -0.25) is 14.9 Å². The second-order valence-electron chi connectivity index (χ2n) is 7.57. The number of ether oxygens (including phenoxy) is 1. The van der Waals surface area contributed by atoms with Crippen molar-refractivity contribution < 1.29 is 19.1 Å². The topological polar surface area (TPSA) is 79.0 Å². The summed E-state index contributed by atoms with van der Waals surface area (Å²) in [6.07, 6.45) is 0.250. The predicted octanol–water partition coefficient (Wildman–Crippen LogP) is 2.66. The lowest BCUT2D eigenvalue weighted by molar-refractivity contribution is -0.142. The Balaban J connectivity index is 1.74. The molecule has 7 heteroatoms. The molecular formula is C22H23N3O4. The average molecular weight is 393 g/mol. The minimum absolute atomic E-state index is 0.203. The largest absolute Gasteiger partial charge is 0.494 e. The van der Waals surface area contributed by atoms with Gasteiger partial charge in [-0.2, -0.15) is 0 Å². The quantitative estimate of drug-likeness (QED) is 0.811. The SMILES string of the molecule is CCOc1ccc(N2C(=O)NC(=O)C3(Cc4cc(C)ccc4N(C)C3)C2=O)cc1. The second-order valence-corrected chi connectivity index (χ2v) is 7.57. The van der Waals surface area contributed by atoms with Crippen molar-refractivity contribution >= 4 is 29.2 Å². The van der Waals surface area contributed by atoms with E-state index in [2.05, 4.69) is 5.32 Å². The number of carbonyl (C=O) groups excluding carboxylic acids is 3. The first-order chi connectivity index (χ1) is 13.9. The van der Waals surface area contributed by atoms with Crippen LogP contribution in [0.15, 0.2) is 42.5 Å². The minimum Gasteiger partial charge on any atom is -0.494 e. The van der Waals surface area contributed by atoms with Gasteiger partial charge in [0.2, 0.25) is 5.91 Å². The number of anilines is 2. The van der Waals surface area contributed by atoms with Crippen LogP contribution in [0, 0.1) is 12.3 Å². The molecule has 4 rings (SSSR count). The first-order valence-electron chi connectivity index (χ1n) is 9.59. The Morgan fingerprint density at radius 3 is 2.52 bits per heavy atom. The summed E-state index contributed by atoms with van der Waals surface area (Å²) < 4.78 is 5.43. The molecule has 1 spiro atoms. The molecule has 0 radical (unpaired) electrons. The lowest BCUT2D eigenvalue weighted by atomic mass is 9.74. The smallest absolute Gasteiger partial charge is 0.335 e. The Morgan fingerprint density at radius 2 is 1.83 bits per heavy atom. The van der Waals surface area contributed by atoms with Crippen molar-refractivity contribution in [3.8, 4) is 5.75 Å². The van der Waals surface area contributed by atoms with Gasteiger partial charge in [-0.25, -0.2) is 9.69 Å². The number of aryl methyl sites for hydroxylation is 1. The van der Waals surface area contributed by atoms with Crippen LogP contribution in [0.2, 0.25) is 0 Å². The molecule has 29 heavy (non-hydrogen) atoms. The van der Waals surface area contributed by atoms with E-state index in [1.807, 2.05) is 44.0 Å². The van der Waals surface area contributed by atoms with Gasteiger partial charge in [0, 0.05) is 19.3 Å². The van der Waals surface area contributed by atoms with Crippen LogP contribution in [0.25, 0.3) is 0 Å². The first-order valence-corrected chi connectivity index (χ1v) is 9.59. The number of amides is 4. The summed E-state index contributed by atoms with van der Waals surface area (Å²) in [5.74, 6) is -0.406. The number of imide groups is 2. The van der Waals surface area contributed by atoms with Crippen molar-refractivity contribution in [1.82, 2.24) is 5.32 Å². The van der Waals surface area contributed by atoms with Crippen LogP contribution in [-0.4, -0.2) is 38.0 Å². The zero-order chi connectivity index (χ0) is 20.8. The van der Waals surface area contributed by atoms with Gasteiger partial charge in [-0.15, -0.1) is 0 Å². The highest BCUT2D eigenvalue weighted by molar-refractivity contribution is 6.30. The Hall–Kier alpha value is -3.35. The van der Waals surface area contributed by atoms with E-state index in [0.717, 1.165) is 21.7 Å². The molecule has 1 atom stereocenters. The lowest BCUT2D eigenvalue weighted by Gasteiger charge is -2.45. The van der Waals surface area contributed by atoms with Gasteiger partial charge in [0.15, 0.2) is 5.41 Å². The number of hydrogen-bond donors (Lipinski definition) is 1. The minimum atomic E-state index is -1.36. The fourth-order valence-corrected chi connectivity index (χ4v) is 4.16. The van der Waals surface area contributed by atoms with Crippen LogP contribution >= 0.6 is 0 Å². The van der Waals surface area contributed by atoms with E-state index in [1.54, 1.807) is 24.3 Å². The molecular weight excluding hydrogens is 370 g/mol. The standard InChI is InChI=1S/C22H23N3O4/c1-4-29-17-8-6-16(7-9-17)25-20(27)22(19(26)23-21(25)28)12-15-11-14(2)5-10-18(15)24(3)13-22/h5-11H,4,12-13H2,1-3H3,(H,23,26,28). The van der Waals surface area contributed by atoms with Crippen molar-refractivity contribution in [3.05, 3.63) is 53.6 Å². The summed E-state index contributed by atoms with van der Waals surface area (Å²) >= 11 is 0. The summed E-state index contributed by atoms with van der Waals surface area (Å²) in [6, 6.07) is 12.0. The number of barbiturate groups is 1. The number of urea groups is 1. The Kier molecular flexibility index (Phi) is 4.53. The van der Waals surface area contributed by atoms with Crippen LogP contribution in [0.5, 0.6) is 5.75 Å². The molecule has 2 aliphatic rings. The van der Waals surface area contributed by atoms with Gasteiger partial charge in [0.05, 0.1) is 12.3 Å². The van der Waals surface area contributed by atoms with Crippen LogP contribution in [0.4, 0.5) is 16.2 Å². The summed E-state index contributed by atoms with van der Waals surface area (Å²) in [4.78, 5) is 42.0. The third-order valence-corrected chi connectivity index (χ3v) is 5.52. The maximum Gasteiger partial charge on any atom is 0.335 e. The molecule has 1 fully saturated rings. The van der Waals surface area contributed by atoms with Gasteiger partial charge in [0.25, 0.3) is 5.91 Å². The summed E-state index contributed by atoms with van der Waals surface area (Å²) in [5.41, 5.74) is 2.01. The Bertz CT molecular complexity index is 1000. The molecule has 0 aromatic heterocycles. The van der Waals surface area contributed by atoms with Crippen molar-refractivity contribution in [2.45, 2.75) is 20.3 Å². The van der Waals surface area contributed by atoms with E-state index in [1.165, 1.54) is 0 Å². The van der Waals surface area contributed by atoms with E-state index in [0.29, 0.717) is 18.0 Å². The van der Waals surface area contributed by atoms with Crippen molar-refractivity contribution in [2.75, 3.05) is 30.0 Å². The maximum atomic E-state index is 13.6. The summed E-state index contributed by atoms with van der Waals surface area (Å²) in [5, 5.41) is 2.39. The highest BCUT2D eigenvalue weighted by Gasteiger charge is 2.56. The van der Waals surface area contributed by atoms with E-state index in [4.69, 9.17) is 4.74 Å². The normalized spacial score (nSPS) is 21.3. The van der Waals surface area contributed by atoms with Gasteiger partial charge < -0.3 is 9.64 Å². The average Bonchev–Trinajstić information content (AvgIpc) is 2.68. The molecule has 150 valence electrons. The maximum absolute atomic E-state index is 13.6. The Labute approximate surface area is 169 Å². The zero-order valence-electron chi connectivity index (χ0n) is 16.7. The van der Waals surface area contributed by atoms with Crippen molar-refractivity contribution in [2.24, 2.45) is 5.41 Å². The van der Waals surface area contributed by atoms with E-state index in [9.17, 15) is 14.4 Å². The molecule has 2 aromatic carbocycles. The Morgan fingerprint density at radius 1 is 1.10 bits per heavy atom. The van der Waals surface area contributed by atoms with Crippen molar-refractivity contribution in [1.29, 1.82) is 0 Å². The molecule has 0 bridgehead atoms. The van der Waals surface area contributed by atoms with Crippen LogP contribution in [-0.2, 0) is 16.0 Å². The summed E-state index contributed by atoms with van der Waals surface area (Å²) in [7, 11) is 1.85. The van der Waals surface area contributed by atoms with Crippen molar-refractivity contribution in [3.63, 3.8) is 0 Å². The van der Waals surface area contributed by atoms with Gasteiger partial charge >= 0.3 is 6.03 Å². The van der Waals surface area contributed by atoms with Gasteiger partial charge in [-0.05, 0) is 56.2 Å². The lowest BCUT2D eigenvalue weighted by Crippen LogP contribution is -2.68. The van der Waals surface area contributed by atoms with Crippen LogP contribution in [0.3, 0.4) is 0 Å². The highest BCUT2D eigenvalue weighted by Crippen LogP contribution is 2.40. The number of fused-ring (bicyclic) bond motifs is 1. The zero-order valence-corrected chi connectivity index (χ0v) is 16.7. The van der Waals surface area contributed by atoms with E-state index in [-0.39, 0.29) is 13.0 Å². The fraction of sp³-hybridized carbons (Fsp3) is 0.318. The molecule has 2 heterocycles. The molecule has 1 saturated heterocycles. The molecule has 1 N–H and O–H groups in total.